The lowest BCUT2D eigenvalue weighted by molar-refractivity contribution is -0.118. The Kier molecular flexibility index (Phi) is 4.94. The van der Waals surface area contributed by atoms with Crippen molar-refractivity contribution in [1.29, 1.82) is 0 Å². The summed E-state index contributed by atoms with van der Waals surface area (Å²) in [6, 6.07) is 8.92. The molecule has 0 saturated carbocycles. The van der Waals surface area contributed by atoms with Crippen molar-refractivity contribution >= 4 is 55.8 Å². The fourth-order valence-electron chi connectivity index (χ4n) is 2.20. The van der Waals surface area contributed by atoms with E-state index >= 15 is 0 Å². The van der Waals surface area contributed by atoms with E-state index < -0.39 is 0 Å². The van der Waals surface area contributed by atoms with Crippen LogP contribution < -0.4 is 10.1 Å². The van der Waals surface area contributed by atoms with Gasteiger partial charge in [-0.05, 0) is 43.2 Å². The molecule has 2 aromatic carbocycles. The largest absolute Gasteiger partial charge is 0.482 e. The lowest BCUT2D eigenvalue weighted by Crippen LogP contribution is -2.20. The summed E-state index contributed by atoms with van der Waals surface area (Å²) in [5, 5.41) is 4.19. The van der Waals surface area contributed by atoms with Gasteiger partial charge in [0.05, 0.1) is 15.2 Å². The third-order valence-electron chi connectivity index (χ3n) is 3.44. The average Bonchev–Trinajstić information content (AvgIpc) is 2.95. The molecule has 3 rings (SSSR count). The summed E-state index contributed by atoms with van der Waals surface area (Å²) in [5.41, 5.74) is 3.13. The molecule has 0 saturated heterocycles. The minimum atomic E-state index is -0.296. The molecule has 1 amide bonds. The molecule has 0 aliphatic rings. The summed E-state index contributed by atoms with van der Waals surface area (Å²) in [5.74, 6) is 0.114. The number of aryl methyl sites for hydroxylation is 2. The van der Waals surface area contributed by atoms with Crippen LogP contribution in [0, 0.1) is 13.8 Å². The molecule has 124 valence electrons. The zero-order valence-corrected chi connectivity index (χ0v) is 15.4. The van der Waals surface area contributed by atoms with Crippen LogP contribution in [-0.4, -0.2) is 17.5 Å². The second-order valence-corrected chi connectivity index (χ2v) is 7.15. The van der Waals surface area contributed by atoms with E-state index in [4.69, 9.17) is 27.9 Å². The summed E-state index contributed by atoms with van der Waals surface area (Å²) < 4.78 is 6.50. The van der Waals surface area contributed by atoms with E-state index in [1.807, 2.05) is 26.0 Å². The average molecular weight is 381 g/mol. The number of hydrogen-bond acceptors (Lipinski definition) is 4. The predicted molar refractivity (Wildman–Crippen MR) is 99.7 cm³/mol. The van der Waals surface area contributed by atoms with Gasteiger partial charge >= 0.3 is 0 Å². The second kappa shape index (κ2) is 6.97. The SMILES string of the molecule is Cc1ccc(C)c2sc(NC(=O)COc3ccc(Cl)cc3Cl)nc12. The van der Waals surface area contributed by atoms with Crippen LogP contribution in [-0.2, 0) is 4.79 Å². The fraction of sp³-hybridized carbons (Fsp3) is 0.176. The maximum Gasteiger partial charge on any atom is 0.264 e. The van der Waals surface area contributed by atoms with Gasteiger partial charge in [0.25, 0.3) is 5.91 Å². The van der Waals surface area contributed by atoms with Crippen molar-refractivity contribution in [3.63, 3.8) is 0 Å². The summed E-state index contributed by atoms with van der Waals surface area (Å²) >= 11 is 13.3. The fourth-order valence-corrected chi connectivity index (χ4v) is 3.69. The number of carbonyl (C=O) groups excluding carboxylic acids is 1. The van der Waals surface area contributed by atoms with Gasteiger partial charge < -0.3 is 4.74 Å². The number of amides is 1. The summed E-state index contributed by atoms with van der Waals surface area (Å²) in [6.07, 6.45) is 0. The minimum Gasteiger partial charge on any atom is -0.482 e. The first kappa shape index (κ1) is 17.0. The van der Waals surface area contributed by atoms with Gasteiger partial charge in [0.2, 0.25) is 0 Å². The molecule has 0 aliphatic carbocycles. The zero-order chi connectivity index (χ0) is 17.3. The van der Waals surface area contributed by atoms with Crippen molar-refractivity contribution in [2.75, 3.05) is 11.9 Å². The normalized spacial score (nSPS) is 10.8. The molecule has 7 heteroatoms. The van der Waals surface area contributed by atoms with Crippen molar-refractivity contribution in [1.82, 2.24) is 4.98 Å². The number of halogens is 2. The van der Waals surface area contributed by atoms with Crippen LogP contribution >= 0.6 is 34.5 Å². The number of hydrogen-bond donors (Lipinski definition) is 1. The number of nitrogens with one attached hydrogen (secondary N) is 1. The molecular weight excluding hydrogens is 367 g/mol. The van der Waals surface area contributed by atoms with E-state index in [0.29, 0.717) is 20.9 Å². The number of carbonyl (C=O) groups is 1. The van der Waals surface area contributed by atoms with Crippen LogP contribution in [0.2, 0.25) is 10.0 Å². The Labute approximate surface area is 153 Å². The Morgan fingerprint density at radius 1 is 1.21 bits per heavy atom. The van der Waals surface area contributed by atoms with Crippen LogP contribution in [0.5, 0.6) is 5.75 Å². The van der Waals surface area contributed by atoms with Crippen molar-refractivity contribution in [2.45, 2.75) is 13.8 Å². The maximum atomic E-state index is 12.1. The minimum absolute atomic E-state index is 0.157. The van der Waals surface area contributed by atoms with Crippen molar-refractivity contribution < 1.29 is 9.53 Å². The van der Waals surface area contributed by atoms with E-state index in [0.717, 1.165) is 21.3 Å². The van der Waals surface area contributed by atoms with Gasteiger partial charge in [0.1, 0.15) is 5.75 Å². The molecule has 0 spiro atoms. The number of nitrogens with zero attached hydrogens (tertiary/aromatic N) is 1. The highest BCUT2D eigenvalue weighted by atomic mass is 35.5. The van der Waals surface area contributed by atoms with Gasteiger partial charge in [0, 0.05) is 5.02 Å². The summed E-state index contributed by atoms with van der Waals surface area (Å²) in [6.45, 7) is 3.87. The Balaban J connectivity index is 1.69. The number of fused-ring (bicyclic) bond motifs is 1. The Morgan fingerprint density at radius 3 is 2.67 bits per heavy atom. The van der Waals surface area contributed by atoms with Crippen molar-refractivity contribution in [3.05, 3.63) is 51.5 Å². The first-order chi connectivity index (χ1) is 11.4. The zero-order valence-electron chi connectivity index (χ0n) is 13.0. The van der Waals surface area contributed by atoms with Gasteiger partial charge in [-0.3, -0.25) is 10.1 Å². The van der Waals surface area contributed by atoms with Gasteiger partial charge in [-0.1, -0.05) is 46.7 Å². The molecular formula is C17H14Cl2N2O2S. The summed E-state index contributed by atoms with van der Waals surface area (Å²) in [4.78, 5) is 16.6. The van der Waals surface area contributed by atoms with Crippen molar-refractivity contribution in [3.8, 4) is 5.75 Å². The van der Waals surface area contributed by atoms with E-state index in [9.17, 15) is 4.79 Å². The number of thiazole rings is 1. The molecule has 0 atom stereocenters. The molecule has 4 nitrogen and oxygen atoms in total. The number of ether oxygens (including phenoxy) is 1. The molecule has 0 bridgehead atoms. The van der Waals surface area contributed by atoms with Crippen LogP contribution in [0.25, 0.3) is 10.2 Å². The molecule has 1 N–H and O–H groups in total. The van der Waals surface area contributed by atoms with E-state index in [1.54, 1.807) is 18.2 Å². The highest BCUT2D eigenvalue weighted by molar-refractivity contribution is 7.22. The third-order valence-corrected chi connectivity index (χ3v) is 5.08. The monoisotopic (exact) mass is 380 g/mol. The van der Waals surface area contributed by atoms with Gasteiger partial charge in [-0.2, -0.15) is 0 Å². The topological polar surface area (TPSA) is 51.2 Å². The highest BCUT2D eigenvalue weighted by Gasteiger charge is 2.12. The quantitative estimate of drug-likeness (QED) is 0.673. The Bertz CT molecular complexity index is 885. The molecule has 0 unspecified atom stereocenters. The maximum absolute atomic E-state index is 12.1. The van der Waals surface area contributed by atoms with Crippen LogP contribution in [0.15, 0.2) is 30.3 Å². The highest BCUT2D eigenvalue weighted by Crippen LogP contribution is 2.31. The smallest absolute Gasteiger partial charge is 0.264 e. The first-order valence-electron chi connectivity index (χ1n) is 7.18. The molecule has 3 aromatic rings. The standard InChI is InChI=1S/C17H14Cl2N2O2S/c1-9-3-4-10(2)16-15(9)21-17(24-16)20-14(22)8-23-13-6-5-11(18)7-12(13)19/h3-7H,8H2,1-2H3,(H,20,21,22). The van der Waals surface area contributed by atoms with Gasteiger partial charge in [-0.15, -0.1) is 0 Å². The van der Waals surface area contributed by atoms with Crippen LogP contribution in [0.3, 0.4) is 0 Å². The van der Waals surface area contributed by atoms with E-state index in [2.05, 4.69) is 10.3 Å². The van der Waals surface area contributed by atoms with Crippen molar-refractivity contribution in [2.24, 2.45) is 0 Å². The van der Waals surface area contributed by atoms with Gasteiger partial charge in [0.15, 0.2) is 11.7 Å². The number of benzene rings is 2. The number of rotatable bonds is 4. The number of aromatic nitrogens is 1. The van der Waals surface area contributed by atoms with Gasteiger partial charge in [-0.25, -0.2) is 4.98 Å². The molecule has 0 radical (unpaired) electrons. The number of anilines is 1. The Morgan fingerprint density at radius 2 is 1.96 bits per heavy atom. The second-order valence-electron chi connectivity index (χ2n) is 5.31. The lowest BCUT2D eigenvalue weighted by Gasteiger charge is -2.07. The van der Waals surface area contributed by atoms with Crippen LogP contribution in [0.1, 0.15) is 11.1 Å². The van der Waals surface area contributed by atoms with Crippen LogP contribution in [0.4, 0.5) is 5.13 Å². The third kappa shape index (κ3) is 3.64. The summed E-state index contributed by atoms with van der Waals surface area (Å²) in [7, 11) is 0. The molecule has 1 heterocycles. The van der Waals surface area contributed by atoms with E-state index in [-0.39, 0.29) is 12.5 Å². The lowest BCUT2D eigenvalue weighted by atomic mass is 10.1. The predicted octanol–water partition coefficient (Wildman–Crippen LogP) is 5.24. The first-order valence-corrected chi connectivity index (χ1v) is 8.76. The Hall–Kier alpha value is -1.82. The molecule has 0 aliphatic heterocycles. The molecule has 1 aromatic heterocycles. The molecule has 24 heavy (non-hydrogen) atoms. The molecule has 0 fully saturated rings. The van der Waals surface area contributed by atoms with E-state index in [1.165, 1.54) is 11.3 Å².